The van der Waals surface area contributed by atoms with Gasteiger partial charge in [0.05, 0.1) is 22.2 Å². The summed E-state index contributed by atoms with van der Waals surface area (Å²) in [6.07, 6.45) is 0. The second-order valence-electron chi connectivity index (χ2n) is 18.6. The lowest BCUT2D eigenvalue weighted by atomic mass is 9.99. The van der Waals surface area contributed by atoms with Gasteiger partial charge in [-0.2, -0.15) is 0 Å². The first-order valence-electron chi connectivity index (χ1n) is 24.7. The van der Waals surface area contributed by atoms with Gasteiger partial charge in [-0.3, -0.25) is 0 Å². The largest absolute Gasteiger partial charge is 0.310 e. The Labute approximate surface area is 427 Å². The zero-order valence-electron chi connectivity index (χ0n) is 39.6. The van der Waals surface area contributed by atoms with Gasteiger partial charge in [0, 0.05) is 70.2 Å². The van der Waals surface area contributed by atoms with Crippen molar-refractivity contribution in [2.24, 2.45) is 0 Å². The zero-order valence-corrected chi connectivity index (χ0v) is 40.4. The van der Waals surface area contributed by atoms with Crippen LogP contribution in [0.2, 0.25) is 0 Å². The van der Waals surface area contributed by atoms with Gasteiger partial charge in [-0.05, 0) is 112 Å². The first kappa shape index (κ1) is 42.5. The number of para-hydroxylation sites is 2. The molecular formula is C68H44N4S. The van der Waals surface area contributed by atoms with E-state index in [0.29, 0.717) is 5.82 Å². The Morgan fingerprint density at radius 2 is 0.849 bits per heavy atom. The third-order valence-electron chi connectivity index (χ3n) is 14.2. The highest BCUT2D eigenvalue weighted by molar-refractivity contribution is 7.25. The van der Waals surface area contributed by atoms with Crippen molar-refractivity contribution in [2.75, 3.05) is 4.90 Å². The molecule has 0 spiro atoms. The van der Waals surface area contributed by atoms with Crippen LogP contribution < -0.4 is 4.90 Å². The van der Waals surface area contributed by atoms with Gasteiger partial charge in [0.15, 0.2) is 5.82 Å². The van der Waals surface area contributed by atoms with Crippen LogP contribution in [0.1, 0.15) is 0 Å². The maximum Gasteiger partial charge on any atom is 0.160 e. The van der Waals surface area contributed by atoms with Crippen LogP contribution in [0.3, 0.4) is 0 Å². The van der Waals surface area contributed by atoms with Gasteiger partial charge in [0.1, 0.15) is 0 Å². The molecule has 4 nitrogen and oxygen atoms in total. The first-order chi connectivity index (χ1) is 36.2. The van der Waals surface area contributed by atoms with Crippen molar-refractivity contribution in [2.45, 2.75) is 0 Å². The SMILES string of the molecule is c1ccc(-c2ccc(-c3nc(-c4cccc(-c5ccc6c7ccccc7n(-c7cccc(N(c8ccc(-c9ccccc9)cc8)c8ccc9sc%10ccccc%10c9c8)c7)c6c5)c4)nc4ccccc34)cc2)cc1. The van der Waals surface area contributed by atoms with Crippen molar-refractivity contribution < 1.29 is 0 Å². The maximum absolute atomic E-state index is 5.30. The van der Waals surface area contributed by atoms with Gasteiger partial charge in [0.2, 0.25) is 0 Å². The van der Waals surface area contributed by atoms with E-state index < -0.39 is 0 Å². The highest BCUT2D eigenvalue weighted by Crippen LogP contribution is 2.43. The fourth-order valence-electron chi connectivity index (χ4n) is 10.6. The Balaban J connectivity index is 0.875. The molecule has 0 atom stereocenters. The Bertz CT molecular complexity index is 4370. The Morgan fingerprint density at radius 1 is 0.301 bits per heavy atom. The molecule has 0 saturated heterocycles. The summed E-state index contributed by atoms with van der Waals surface area (Å²) in [5.74, 6) is 0.695. The molecule has 73 heavy (non-hydrogen) atoms. The standard InChI is InChI=1S/C68H44N4S/c1-3-15-45(16-4-1)47-29-31-49(32-30-47)67-60-25-7-10-26-62(60)69-68(70-67)52-20-13-19-50(41-52)51-35-39-58-57-23-8-11-27-63(57)72(64(58)42-51)55-22-14-21-54(43-55)71(53-36-33-48(34-37-53)46-17-5-2-6-18-46)56-38-40-66-61(44-56)59-24-9-12-28-65(59)73-66/h1-44H. The summed E-state index contributed by atoms with van der Waals surface area (Å²) < 4.78 is 5.00. The Hall–Kier alpha value is -9.42. The van der Waals surface area contributed by atoms with Crippen molar-refractivity contribution in [1.82, 2.24) is 14.5 Å². The molecule has 0 amide bonds. The Kier molecular flexibility index (Phi) is 10.3. The minimum Gasteiger partial charge on any atom is -0.310 e. The van der Waals surface area contributed by atoms with Gasteiger partial charge in [-0.1, -0.05) is 188 Å². The van der Waals surface area contributed by atoms with Crippen molar-refractivity contribution in [3.63, 3.8) is 0 Å². The van der Waals surface area contributed by atoms with Crippen molar-refractivity contribution in [3.05, 3.63) is 267 Å². The van der Waals surface area contributed by atoms with E-state index in [9.17, 15) is 0 Å². The lowest BCUT2D eigenvalue weighted by Crippen LogP contribution is -2.10. The molecule has 14 rings (SSSR count). The summed E-state index contributed by atoms with van der Waals surface area (Å²) in [5.41, 5.74) is 17.4. The first-order valence-corrected chi connectivity index (χ1v) is 25.5. The number of hydrogen-bond donors (Lipinski definition) is 0. The van der Waals surface area contributed by atoms with E-state index in [1.165, 1.54) is 53.2 Å². The summed E-state index contributed by atoms with van der Waals surface area (Å²) in [7, 11) is 0. The summed E-state index contributed by atoms with van der Waals surface area (Å²) in [4.78, 5) is 12.9. The number of anilines is 3. The molecule has 0 aliphatic heterocycles. The smallest absolute Gasteiger partial charge is 0.160 e. The van der Waals surface area contributed by atoms with Crippen LogP contribution in [0, 0.1) is 0 Å². The predicted molar refractivity (Wildman–Crippen MR) is 309 cm³/mol. The second kappa shape index (κ2) is 17.8. The van der Waals surface area contributed by atoms with Crippen LogP contribution >= 0.6 is 11.3 Å². The van der Waals surface area contributed by atoms with E-state index in [0.717, 1.165) is 72.6 Å². The molecule has 0 radical (unpaired) electrons. The molecular weight excluding hydrogens is 905 g/mol. The third kappa shape index (κ3) is 7.62. The van der Waals surface area contributed by atoms with Crippen LogP contribution in [0.25, 0.3) is 115 Å². The fourth-order valence-corrected chi connectivity index (χ4v) is 11.7. The topological polar surface area (TPSA) is 34.0 Å². The van der Waals surface area contributed by atoms with Crippen molar-refractivity contribution in [3.8, 4) is 61.7 Å². The van der Waals surface area contributed by atoms with E-state index in [1.54, 1.807) is 0 Å². The molecule has 5 heteroatoms. The molecule has 0 saturated carbocycles. The van der Waals surface area contributed by atoms with E-state index in [2.05, 4.69) is 270 Å². The molecule has 3 aromatic heterocycles. The molecule has 3 heterocycles. The molecule has 342 valence electrons. The van der Waals surface area contributed by atoms with E-state index in [4.69, 9.17) is 9.97 Å². The molecule has 0 aliphatic rings. The second-order valence-corrected chi connectivity index (χ2v) is 19.7. The molecule has 0 N–H and O–H groups in total. The maximum atomic E-state index is 5.30. The van der Waals surface area contributed by atoms with Crippen molar-refractivity contribution >= 4 is 81.3 Å². The van der Waals surface area contributed by atoms with Crippen LogP contribution in [0.5, 0.6) is 0 Å². The van der Waals surface area contributed by atoms with Crippen LogP contribution in [-0.4, -0.2) is 14.5 Å². The van der Waals surface area contributed by atoms with Gasteiger partial charge in [-0.25, -0.2) is 9.97 Å². The number of rotatable bonds is 9. The lowest BCUT2D eigenvalue weighted by Gasteiger charge is -2.26. The minimum absolute atomic E-state index is 0.695. The molecule has 0 bridgehead atoms. The van der Waals surface area contributed by atoms with Crippen LogP contribution in [-0.2, 0) is 0 Å². The van der Waals surface area contributed by atoms with Crippen LogP contribution in [0.4, 0.5) is 17.1 Å². The normalized spacial score (nSPS) is 11.6. The molecule has 11 aromatic carbocycles. The number of thiophene rings is 1. The van der Waals surface area contributed by atoms with Gasteiger partial charge >= 0.3 is 0 Å². The summed E-state index contributed by atoms with van der Waals surface area (Å²) >= 11 is 1.85. The van der Waals surface area contributed by atoms with Gasteiger partial charge < -0.3 is 9.47 Å². The fraction of sp³-hybridized carbons (Fsp3) is 0. The monoisotopic (exact) mass is 948 g/mol. The van der Waals surface area contributed by atoms with Crippen LogP contribution in [0.15, 0.2) is 267 Å². The van der Waals surface area contributed by atoms with Crippen molar-refractivity contribution in [1.29, 1.82) is 0 Å². The predicted octanol–water partition coefficient (Wildman–Crippen LogP) is 18.9. The number of nitrogens with zero attached hydrogens (tertiary/aromatic N) is 4. The summed E-state index contributed by atoms with van der Waals surface area (Å²) in [6, 6.07) is 96.0. The lowest BCUT2D eigenvalue weighted by molar-refractivity contribution is 1.17. The molecule has 14 aromatic rings. The summed E-state index contributed by atoms with van der Waals surface area (Å²) in [6.45, 7) is 0. The number of benzene rings is 11. The average molecular weight is 949 g/mol. The third-order valence-corrected chi connectivity index (χ3v) is 15.3. The molecule has 0 aliphatic carbocycles. The minimum atomic E-state index is 0.695. The number of hydrogen-bond acceptors (Lipinski definition) is 4. The van der Waals surface area contributed by atoms with E-state index in [-0.39, 0.29) is 0 Å². The average Bonchev–Trinajstić information content (AvgIpc) is 4.02. The highest BCUT2D eigenvalue weighted by atomic mass is 32.1. The van der Waals surface area contributed by atoms with E-state index >= 15 is 0 Å². The molecule has 0 unspecified atom stereocenters. The van der Waals surface area contributed by atoms with Gasteiger partial charge in [0.25, 0.3) is 0 Å². The number of aromatic nitrogens is 3. The zero-order chi connectivity index (χ0) is 48.2. The Morgan fingerprint density at radius 3 is 1.64 bits per heavy atom. The highest BCUT2D eigenvalue weighted by Gasteiger charge is 2.20. The molecule has 0 fully saturated rings. The summed E-state index contributed by atoms with van der Waals surface area (Å²) in [5, 5.41) is 5.98. The van der Waals surface area contributed by atoms with E-state index in [1.807, 2.05) is 17.4 Å². The van der Waals surface area contributed by atoms with Gasteiger partial charge in [-0.15, -0.1) is 11.3 Å². The quantitative estimate of drug-likeness (QED) is 0.145. The number of fused-ring (bicyclic) bond motifs is 7.